The quantitative estimate of drug-likeness (QED) is 0.510. The average Bonchev–Trinajstić information content (AvgIpc) is 2.79. The fourth-order valence-electron chi connectivity index (χ4n) is 4.76. The maximum absolute atomic E-state index is 14.6. The molecule has 1 aromatic carbocycles. The van der Waals surface area contributed by atoms with Crippen molar-refractivity contribution >= 4 is 11.6 Å². The third-order valence-electron chi connectivity index (χ3n) is 6.35. The van der Waals surface area contributed by atoms with Gasteiger partial charge in [0.05, 0.1) is 17.4 Å². The van der Waals surface area contributed by atoms with E-state index in [1.165, 1.54) is 6.07 Å². The fraction of sp³-hybridized carbons (Fsp3) is 0.346. The van der Waals surface area contributed by atoms with Crippen LogP contribution < -0.4 is 11.1 Å². The molecule has 178 valence electrons. The molecule has 1 fully saturated rings. The standard InChI is InChI=1S/C26H27F3N4O/c1-3-15-10-20(28)24(21(29)11-15)25-19(27)4-5-22(32-25)26(34)33-23-13-31-7-6-18(23)16-8-14(2)9-17(30)12-16/h4-7,10-11,13-14,16-17H,3,8-9,12,30H2,1-2H3,(H,33,34)/t14-,16+,17+/m0/s1. The first-order valence-electron chi connectivity index (χ1n) is 11.4. The van der Waals surface area contributed by atoms with Crippen LogP contribution in [0.3, 0.4) is 0 Å². The summed E-state index contributed by atoms with van der Waals surface area (Å²) in [5, 5.41) is 2.78. The van der Waals surface area contributed by atoms with Gasteiger partial charge in [0.1, 0.15) is 28.8 Å². The van der Waals surface area contributed by atoms with Crippen LogP contribution >= 0.6 is 0 Å². The summed E-state index contributed by atoms with van der Waals surface area (Å²) in [6, 6.07) is 6.38. The zero-order valence-electron chi connectivity index (χ0n) is 19.1. The number of aromatic nitrogens is 2. The van der Waals surface area contributed by atoms with Crippen LogP contribution in [-0.2, 0) is 6.42 Å². The first-order valence-corrected chi connectivity index (χ1v) is 11.4. The van der Waals surface area contributed by atoms with Crippen LogP contribution in [0.1, 0.15) is 60.6 Å². The Morgan fingerprint density at radius 3 is 2.50 bits per heavy atom. The molecule has 2 heterocycles. The molecule has 5 nitrogen and oxygen atoms in total. The topological polar surface area (TPSA) is 80.9 Å². The summed E-state index contributed by atoms with van der Waals surface area (Å²) >= 11 is 0. The number of anilines is 1. The van der Waals surface area contributed by atoms with E-state index in [1.54, 1.807) is 19.3 Å². The lowest BCUT2D eigenvalue weighted by atomic mass is 9.76. The molecule has 0 radical (unpaired) electrons. The predicted molar refractivity (Wildman–Crippen MR) is 125 cm³/mol. The van der Waals surface area contributed by atoms with Crippen molar-refractivity contribution < 1.29 is 18.0 Å². The molecule has 0 spiro atoms. The molecule has 0 unspecified atom stereocenters. The highest BCUT2D eigenvalue weighted by Gasteiger charge is 2.28. The Hall–Kier alpha value is -3.26. The maximum atomic E-state index is 14.6. The summed E-state index contributed by atoms with van der Waals surface area (Å²) < 4.78 is 43.7. The van der Waals surface area contributed by atoms with Gasteiger partial charge in [0, 0.05) is 12.2 Å². The molecule has 1 saturated carbocycles. The van der Waals surface area contributed by atoms with Crippen molar-refractivity contribution in [1.29, 1.82) is 0 Å². The highest BCUT2D eigenvalue weighted by atomic mass is 19.1. The van der Waals surface area contributed by atoms with Crippen molar-refractivity contribution in [3.05, 3.63) is 77.0 Å². The summed E-state index contributed by atoms with van der Waals surface area (Å²) in [5.41, 5.74) is 6.76. The fourth-order valence-corrected chi connectivity index (χ4v) is 4.76. The Labute approximate surface area is 196 Å². The molecule has 3 atom stereocenters. The first-order chi connectivity index (χ1) is 16.3. The zero-order valence-corrected chi connectivity index (χ0v) is 19.1. The first kappa shape index (κ1) is 23.9. The lowest BCUT2D eigenvalue weighted by molar-refractivity contribution is 0.102. The van der Waals surface area contributed by atoms with E-state index in [2.05, 4.69) is 22.2 Å². The zero-order chi connectivity index (χ0) is 24.4. The van der Waals surface area contributed by atoms with Gasteiger partial charge < -0.3 is 11.1 Å². The van der Waals surface area contributed by atoms with Gasteiger partial charge in [0.15, 0.2) is 0 Å². The average molecular weight is 469 g/mol. The number of carbonyl (C=O) groups is 1. The molecular formula is C26H27F3N4O. The normalized spacial score (nSPS) is 20.2. The van der Waals surface area contributed by atoms with E-state index in [4.69, 9.17) is 5.73 Å². The van der Waals surface area contributed by atoms with Gasteiger partial charge in [-0.15, -0.1) is 0 Å². The van der Waals surface area contributed by atoms with Gasteiger partial charge in [-0.2, -0.15) is 0 Å². The Bertz CT molecular complexity index is 1180. The lowest BCUT2D eigenvalue weighted by Crippen LogP contribution is -2.31. The number of nitrogens with zero attached hydrogens (tertiary/aromatic N) is 2. The molecule has 1 amide bonds. The summed E-state index contributed by atoms with van der Waals surface area (Å²) in [7, 11) is 0. The van der Waals surface area contributed by atoms with Crippen LogP contribution in [0.5, 0.6) is 0 Å². The molecule has 34 heavy (non-hydrogen) atoms. The van der Waals surface area contributed by atoms with E-state index in [1.807, 2.05) is 6.07 Å². The predicted octanol–water partition coefficient (Wildman–Crippen LogP) is 5.61. The van der Waals surface area contributed by atoms with Crippen molar-refractivity contribution in [3.63, 3.8) is 0 Å². The van der Waals surface area contributed by atoms with Crippen LogP contribution in [0.25, 0.3) is 11.3 Å². The third-order valence-corrected chi connectivity index (χ3v) is 6.35. The number of aryl methyl sites for hydroxylation is 1. The van der Waals surface area contributed by atoms with Crippen molar-refractivity contribution in [1.82, 2.24) is 9.97 Å². The molecule has 1 aliphatic carbocycles. The largest absolute Gasteiger partial charge is 0.328 e. The Balaban J connectivity index is 1.64. The van der Waals surface area contributed by atoms with E-state index in [0.717, 1.165) is 43.0 Å². The van der Waals surface area contributed by atoms with Gasteiger partial charge >= 0.3 is 0 Å². The van der Waals surface area contributed by atoms with E-state index in [-0.39, 0.29) is 17.7 Å². The summed E-state index contributed by atoms with van der Waals surface area (Å²) in [6.45, 7) is 3.91. The SMILES string of the molecule is CCc1cc(F)c(-c2nc(C(=O)Nc3cnccc3[C@@H]3C[C@H](C)C[C@@H](N)C3)ccc2F)c(F)c1. The highest BCUT2D eigenvalue weighted by Crippen LogP contribution is 2.38. The minimum atomic E-state index is -0.932. The lowest BCUT2D eigenvalue weighted by Gasteiger charge is -2.32. The van der Waals surface area contributed by atoms with Gasteiger partial charge in [0.2, 0.25) is 0 Å². The molecule has 0 bridgehead atoms. The van der Waals surface area contributed by atoms with Crippen LogP contribution in [-0.4, -0.2) is 21.9 Å². The summed E-state index contributed by atoms with van der Waals surface area (Å²) in [4.78, 5) is 21.1. The summed E-state index contributed by atoms with van der Waals surface area (Å²) in [5.74, 6) is -2.80. The number of halogens is 3. The van der Waals surface area contributed by atoms with Crippen molar-refractivity contribution in [2.45, 2.75) is 51.5 Å². The monoisotopic (exact) mass is 468 g/mol. The number of hydrogen-bond donors (Lipinski definition) is 2. The van der Waals surface area contributed by atoms with Gasteiger partial charge in [-0.25, -0.2) is 18.2 Å². The molecule has 2 aromatic heterocycles. The third kappa shape index (κ3) is 4.97. The van der Waals surface area contributed by atoms with Crippen LogP contribution in [0.15, 0.2) is 42.7 Å². The number of nitrogens with one attached hydrogen (secondary N) is 1. The molecule has 0 aliphatic heterocycles. The van der Waals surface area contributed by atoms with E-state index < -0.39 is 34.6 Å². The number of amides is 1. The number of carbonyl (C=O) groups excluding carboxylic acids is 1. The second-order valence-electron chi connectivity index (χ2n) is 9.00. The van der Waals surface area contributed by atoms with E-state index >= 15 is 0 Å². The molecule has 4 rings (SSSR count). The molecular weight excluding hydrogens is 441 g/mol. The van der Waals surface area contributed by atoms with Crippen molar-refractivity contribution in [3.8, 4) is 11.3 Å². The molecule has 0 saturated heterocycles. The summed E-state index contributed by atoms with van der Waals surface area (Å²) in [6.07, 6.45) is 6.32. The van der Waals surface area contributed by atoms with Crippen molar-refractivity contribution in [2.24, 2.45) is 11.7 Å². The van der Waals surface area contributed by atoms with E-state index in [0.29, 0.717) is 23.6 Å². The smallest absolute Gasteiger partial charge is 0.274 e. The number of pyridine rings is 2. The maximum Gasteiger partial charge on any atom is 0.274 e. The van der Waals surface area contributed by atoms with Gasteiger partial charge in [-0.3, -0.25) is 9.78 Å². The van der Waals surface area contributed by atoms with Gasteiger partial charge in [0.25, 0.3) is 5.91 Å². The molecule has 8 heteroatoms. The van der Waals surface area contributed by atoms with Gasteiger partial charge in [-0.1, -0.05) is 13.8 Å². The van der Waals surface area contributed by atoms with Gasteiger partial charge in [-0.05, 0) is 79.0 Å². The van der Waals surface area contributed by atoms with Crippen LogP contribution in [0, 0.1) is 23.4 Å². The number of benzene rings is 1. The Morgan fingerprint density at radius 1 is 1.09 bits per heavy atom. The van der Waals surface area contributed by atoms with E-state index in [9.17, 15) is 18.0 Å². The Kier molecular flexibility index (Phi) is 6.97. The highest BCUT2D eigenvalue weighted by molar-refractivity contribution is 6.03. The van der Waals surface area contributed by atoms with Crippen LogP contribution in [0.4, 0.5) is 18.9 Å². The second-order valence-corrected chi connectivity index (χ2v) is 9.00. The second kappa shape index (κ2) is 9.93. The molecule has 3 N–H and O–H groups in total. The van der Waals surface area contributed by atoms with Crippen LogP contribution in [0.2, 0.25) is 0 Å². The number of nitrogens with two attached hydrogens (primary N) is 1. The number of hydrogen-bond acceptors (Lipinski definition) is 4. The minimum absolute atomic E-state index is 0.0793. The Morgan fingerprint density at radius 2 is 1.82 bits per heavy atom. The van der Waals surface area contributed by atoms with Crippen molar-refractivity contribution in [2.75, 3.05) is 5.32 Å². The molecule has 1 aliphatic rings. The molecule has 3 aromatic rings. The number of rotatable bonds is 5. The minimum Gasteiger partial charge on any atom is -0.328 e.